The number of anilines is 1. The fourth-order valence-corrected chi connectivity index (χ4v) is 3.27. The number of benzene rings is 2. The highest BCUT2D eigenvalue weighted by Gasteiger charge is 2.20. The van der Waals surface area contributed by atoms with E-state index in [-0.39, 0.29) is 0 Å². The number of nitrogens with zero attached hydrogens (tertiary/aromatic N) is 2. The third kappa shape index (κ3) is 2.66. The minimum absolute atomic E-state index is 0.303. The lowest BCUT2D eigenvalue weighted by atomic mass is 9.97. The largest absolute Gasteiger partial charge is 0.383 e. The SMILES string of the molecule is CC(C)c1c(-c2ccccc2)[nH]c2nc(-c3ccccc3)nc(N)c12. The Kier molecular flexibility index (Phi) is 3.73. The molecule has 0 aliphatic heterocycles. The van der Waals surface area contributed by atoms with Gasteiger partial charge < -0.3 is 10.7 Å². The topological polar surface area (TPSA) is 67.6 Å². The van der Waals surface area contributed by atoms with Crippen molar-refractivity contribution in [2.24, 2.45) is 0 Å². The van der Waals surface area contributed by atoms with Gasteiger partial charge in [-0.2, -0.15) is 0 Å². The van der Waals surface area contributed by atoms with Gasteiger partial charge in [0.05, 0.1) is 11.1 Å². The molecule has 2 aromatic carbocycles. The Morgan fingerprint density at radius 2 is 1.44 bits per heavy atom. The zero-order chi connectivity index (χ0) is 17.4. The Morgan fingerprint density at radius 1 is 0.840 bits per heavy atom. The summed E-state index contributed by atoms with van der Waals surface area (Å²) in [7, 11) is 0. The molecule has 0 bridgehead atoms. The quantitative estimate of drug-likeness (QED) is 0.556. The molecule has 0 fully saturated rings. The Balaban J connectivity index is 1.99. The number of nitrogen functional groups attached to an aromatic ring is 1. The molecule has 0 aliphatic rings. The number of nitrogens with two attached hydrogens (primary N) is 1. The van der Waals surface area contributed by atoms with Crippen molar-refractivity contribution >= 4 is 16.9 Å². The van der Waals surface area contributed by atoms with E-state index in [2.05, 4.69) is 35.9 Å². The van der Waals surface area contributed by atoms with Gasteiger partial charge >= 0.3 is 0 Å². The van der Waals surface area contributed by atoms with E-state index in [0.29, 0.717) is 17.6 Å². The first-order valence-electron chi connectivity index (χ1n) is 8.45. The lowest BCUT2D eigenvalue weighted by Crippen LogP contribution is -1.99. The highest BCUT2D eigenvalue weighted by Crippen LogP contribution is 2.37. The molecule has 4 aromatic rings. The predicted molar refractivity (Wildman–Crippen MR) is 103 cm³/mol. The second-order valence-electron chi connectivity index (χ2n) is 6.46. The zero-order valence-electron chi connectivity index (χ0n) is 14.3. The van der Waals surface area contributed by atoms with E-state index in [1.807, 2.05) is 48.5 Å². The minimum atomic E-state index is 0.303. The Morgan fingerprint density at radius 3 is 2.04 bits per heavy atom. The molecule has 25 heavy (non-hydrogen) atoms. The smallest absolute Gasteiger partial charge is 0.163 e. The van der Waals surface area contributed by atoms with Crippen molar-refractivity contribution in [3.05, 3.63) is 66.2 Å². The van der Waals surface area contributed by atoms with Gasteiger partial charge in [0.1, 0.15) is 11.5 Å². The monoisotopic (exact) mass is 328 g/mol. The summed E-state index contributed by atoms with van der Waals surface area (Å²) in [5.74, 6) is 1.46. The molecule has 0 spiro atoms. The van der Waals surface area contributed by atoms with Crippen molar-refractivity contribution in [2.45, 2.75) is 19.8 Å². The van der Waals surface area contributed by atoms with Crippen LogP contribution < -0.4 is 5.73 Å². The fraction of sp³-hybridized carbons (Fsp3) is 0.143. The lowest BCUT2D eigenvalue weighted by molar-refractivity contribution is 0.878. The van der Waals surface area contributed by atoms with Crippen LogP contribution in [-0.4, -0.2) is 15.0 Å². The van der Waals surface area contributed by atoms with E-state index in [1.165, 1.54) is 5.56 Å². The fourth-order valence-electron chi connectivity index (χ4n) is 3.27. The summed E-state index contributed by atoms with van der Waals surface area (Å²) in [4.78, 5) is 12.8. The number of fused-ring (bicyclic) bond motifs is 1. The number of aromatic nitrogens is 3. The number of nitrogens with one attached hydrogen (secondary N) is 1. The van der Waals surface area contributed by atoms with Crippen LogP contribution in [0.2, 0.25) is 0 Å². The average Bonchev–Trinajstić information content (AvgIpc) is 3.03. The zero-order valence-corrected chi connectivity index (χ0v) is 14.3. The summed E-state index contributed by atoms with van der Waals surface area (Å²) in [5.41, 5.74) is 11.5. The van der Waals surface area contributed by atoms with Crippen molar-refractivity contribution in [2.75, 3.05) is 5.73 Å². The van der Waals surface area contributed by atoms with Crippen LogP contribution in [0.1, 0.15) is 25.3 Å². The number of H-pyrrole nitrogens is 1. The van der Waals surface area contributed by atoms with Crippen LogP contribution in [0.4, 0.5) is 5.82 Å². The van der Waals surface area contributed by atoms with E-state index in [0.717, 1.165) is 27.9 Å². The molecule has 0 radical (unpaired) electrons. The molecule has 2 heterocycles. The maximum absolute atomic E-state index is 6.35. The van der Waals surface area contributed by atoms with Gasteiger partial charge in [-0.3, -0.25) is 0 Å². The Labute approximate surface area is 146 Å². The average molecular weight is 328 g/mol. The summed E-state index contributed by atoms with van der Waals surface area (Å²) >= 11 is 0. The van der Waals surface area contributed by atoms with Crippen LogP contribution in [0, 0.1) is 0 Å². The molecule has 4 rings (SSSR count). The third-order valence-electron chi connectivity index (χ3n) is 4.39. The van der Waals surface area contributed by atoms with E-state index in [1.54, 1.807) is 0 Å². The van der Waals surface area contributed by atoms with Crippen LogP contribution in [-0.2, 0) is 0 Å². The molecule has 0 aliphatic carbocycles. The van der Waals surface area contributed by atoms with Crippen molar-refractivity contribution < 1.29 is 0 Å². The number of hydrogen-bond donors (Lipinski definition) is 2. The molecular formula is C21H20N4. The molecule has 2 aromatic heterocycles. The normalized spacial score (nSPS) is 11.3. The predicted octanol–water partition coefficient (Wildman–Crippen LogP) is 5.00. The number of rotatable bonds is 3. The second-order valence-corrected chi connectivity index (χ2v) is 6.46. The maximum Gasteiger partial charge on any atom is 0.163 e. The molecule has 0 saturated carbocycles. The van der Waals surface area contributed by atoms with Crippen molar-refractivity contribution in [3.63, 3.8) is 0 Å². The second kappa shape index (κ2) is 6.06. The molecule has 0 saturated heterocycles. The molecular weight excluding hydrogens is 308 g/mol. The van der Waals surface area contributed by atoms with E-state index >= 15 is 0 Å². The van der Waals surface area contributed by atoms with Gasteiger partial charge in [0.2, 0.25) is 0 Å². The summed E-state index contributed by atoms with van der Waals surface area (Å²) in [5, 5.41) is 0.925. The van der Waals surface area contributed by atoms with Gasteiger partial charge in [0.25, 0.3) is 0 Å². The molecule has 4 nitrogen and oxygen atoms in total. The lowest BCUT2D eigenvalue weighted by Gasteiger charge is -2.09. The summed E-state index contributed by atoms with van der Waals surface area (Å²) < 4.78 is 0. The van der Waals surface area contributed by atoms with Gasteiger partial charge in [0, 0.05) is 5.56 Å². The summed E-state index contributed by atoms with van der Waals surface area (Å²) in [6, 6.07) is 20.2. The van der Waals surface area contributed by atoms with Gasteiger partial charge in [-0.15, -0.1) is 0 Å². The number of aromatic amines is 1. The number of hydrogen-bond acceptors (Lipinski definition) is 3. The van der Waals surface area contributed by atoms with Crippen LogP contribution in [0.3, 0.4) is 0 Å². The van der Waals surface area contributed by atoms with Crippen LogP contribution in [0.25, 0.3) is 33.7 Å². The first-order valence-corrected chi connectivity index (χ1v) is 8.45. The molecule has 3 N–H and O–H groups in total. The molecule has 4 heteroatoms. The standard InChI is InChI=1S/C21H20N4/c1-13(2)16-17-19(22)24-20(15-11-7-4-8-12-15)25-21(17)23-18(16)14-9-5-3-6-10-14/h3-13H,1-2H3,(H3,22,23,24,25). The van der Waals surface area contributed by atoms with Crippen LogP contribution >= 0.6 is 0 Å². The Hall–Kier alpha value is -3.14. The third-order valence-corrected chi connectivity index (χ3v) is 4.39. The van der Waals surface area contributed by atoms with Crippen molar-refractivity contribution in [1.29, 1.82) is 0 Å². The van der Waals surface area contributed by atoms with E-state index < -0.39 is 0 Å². The van der Waals surface area contributed by atoms with Gasteiger partial charge in [-0.1, -0.05) is 74.5 Å². The highest BCUT2D eigenvalue weighted by atomic mass is 15.0. The van der Waals surface area contributed by atoms with Crippen molar-refractivity contribution in [3.8, 4) is 22.6 Å². The van der Waals surface area contributed by atoms with E-state index in [4.69, 9.17) is 10.7 Å². The van der Waals surface area contributed by atoms with Crippen LogP contribution in [0.5, 0.6) is 0 Å². The van der Waals surface area contributed by atoms with Gasteiger partial charge in [0.15, 0.2) is 5.82 Å². The van der Waals surface area contributed by atoms with E-state index in [9.17, 15) is 0 Å². The maximum atomic E-state index is 6.35. The molecule has 0 amide bonds. The van der Waals surface area contributed by atoms with Gasteiger partial charge in [-0.25, -0.2) is 9.97 Å². The van der Waals surface area contributed by atoms with Crippen molar-refractivity contribution in [1.82, 2.24) is 15.0 Å². The Bertz CT molecular complexity index is 1020. The molecule has 0 atom stereocenters. The summed E-state index contributed by atoms with van der Waals surface area (Å²) in [6.45, 7) is 4.33. The first kappa shape index (κ1) is 15.4. The summed E-state index contributed by atoms with van der Waals surface area (Å²) in [6.07, 6.45) is 0. The molecule has 0 unspecified atom stereocenters. The molecule has 124 valence electrons. The van der Waals surface area contributed by atoms with Crippen LogP contribution in [0.15, 0.2) is 60.7 Å². The first-order chi connectivity index (χ1) is 12.1. The minimum Gasteiger partial charge on any atom is -0.383 e. The van der Waals surface area contributed by atoms with Gasteiger partial charge in [-0.05, 0) is 17.0 Å². The highest BCUT2D eigenvalue weighted by molar-refractivity contribution is 5.96.